The maximum absolute atomic E-state index is 11.4. The number of primary amides is 1. The van der Waals surface area contributed by atoms with E-state index < -0.39 is 5.91 Å². The number of nitrogens with one attached hydrogen (secondary N) is 1. The molecular weight excluding hydrogens is 382 g/mol. The van der Waals surface area contributed by atoms with Crippen molar-refractivity contribution in [2.45, 2.75) is 45.4 Å². The third-order valence-electron chi connectivity index (χ3n) is 4.84. The number of aryl methyl sites for hydroxylation is 1. The molecular formula is C23H27N3O2S. The summed E-state index contributed by atoms with van der Waals surface area (Å²) in [4.78, 5) is 16.0. The number of thiazole rings is 1. The van der Waals surface area contributed by atoms with Crippen LogP contribution in [0.3, 0.4) is 0 Å². The molecule has 6 heteroatoms. The summed E-state index contributed by atoms with van der Waals surface area (Å²) in [6.07, 6.45) is 7.58. The van der Waals surface area contributed by atoms with Gasteiger partial charge in [0.2, 0.25) is 0 Å². The SMILES string of the molecule is CCCCCCCc1ccc(Nc2nc(-c3ccc(O)c(C(N)=O)c3)cs2)cc1. The number of hydrogen-bond acceptors (Lipinski definition) is 5. The minimum atomic E-state index is -0.664. The highest BCUT2D eigenvalue weighted by molar-refractivity contribution is 7.14. The molecule has 0 unspecified atom stereocenters. The molecule has 0 saturated carbocycles. The molecule has 3 rings (SSSR count). The number of carbonyl (C=O) groups excluding carboxylic acids is 1. The summed E-state index contributed by atoms with van der Waals surface area (Å²) in [5.74, 6) is -0.788. The molecule has 3 aromatic rings. The van der Waals surface area contributed by atoms with Gasteiger partial charge in [0, 0.05) is 16.6 Å². The van der Waals surface area contributed by atoms with E-state index in [1.165, 1.54) is 55.1 Å². The highest BCUT2D eigenvalue weighted by atomic mass is 32.1. The van der Waals surface area contributed by atoms with Crippen molar-refractivity contribution in [1.82, 2.24) is 4.98 Å². The van der Waals surface area contributed by atoms with E-state index in [0.29, 0.717) is 0 Å². The van der Waals surface area contributed by atoms with Crippen LogP contribution in [0.25, 0.3) is 11.3 Å². The van der Waals surface area contributed by atoms with E-state index in [9.17, 15) is 9.90 Å². The first-order valence-corrected chi connectivity index (χ1v) is 10.9. The number of aromatic hydroxyl groups is 1. The van der Waals surface area contributed by atoms with Crippen LogP contribution in [0.5, 0.6) is 5.75 Å². The second kappa shape index (κ2) is 10.1. The molecule has 0 aliphatic carbocycles. The Bertz CT molecular complexity index is 951. The predicted molar refractivity (Wildman–Crippen MR) is 120 cm³/mol. The summed E-state index contributed by atoms with van der Waals surface area (Å²) >= 11 is 1.48. The van der Waals surface area contributed by atoms with Gasteiger partial charge in [-0.05, 0) is 48.7 Å². The lowest BCUT2D eigenvalue weighted by molar-refractivity contribution is 0.0998. The lowest BCUT2D eigenvalue weighted by Gasteiger charge is -2.06. The Balaban J connectivity index is 1.60. The average molecular weight is 410 g/mol. The number of amides is 1. The Morgan fingerprint density at radius 1 is 1.10 bits per heavy atom. The summed E-state index contributed by atoms with van der Waals surface area (Å²) in [6.45, 7) is 2.24. The summed E-state index contributed by atoms with van der Waals surface area (Å²) in [5.41, 5.74) is 9.20. The van der Waals surface area contributed by atoms with Gasteiger partial charge in [-0.25, -0.2) is 4.98 Å². The van der Waals surface area contributed by atoms with Gasteiger partial charge < -0.3 is 16.2 Å². The second-order valence-corrected chi connectivity index (χ2v) is 7.98. The molecule has 5 nitrogen and oxygen atoms in total. The van der Waals surface area contributed by atoms with Gasteiger partial charge in [0.25, 0.3) is 5.91 Å². The Hall–Kier alpha value is -2.86. The molecule has 0 saturated heterocycles. The molecule has 0 spiro atoms. The van der Waals surface area contributed by atoms with Crippen LogP contribution in [0.15, 0.2) is 47.8 Å². The van der Waals surface area contributed by atoms with E-state index in [0.717, 1.165) is 28.5 Å². The van der Waals surface area contributed by atoms with Crippen LogP contribution in [-0.2, 0) is 6.42 Å². The van der Waals surface area contributed by atoms with Gasteiger partial charge in [0.05, 0.1) is 11.3 Å². The highest BCUT2D eigenvalue weighted by Gasteiger charge is 2.11. The van der Waals surface area contributed by atoms with Crippen LogP contribution in [0.1, 0.15) is 54.9 Å². The van der Waals surface area contributed by atoms with Gasteiger partial charge in [-0.3, -0.25) is 4.79 Å². The van der Waals surface area contributed by atoms with Crippen molar-refractivity contribution < 1.29 is 9.90 Å². The Kier molecular flexibility index (Phi) is 7.25. The van der Waals surface area contributed by atoms with Crippen molar-refractivity contribution in [1.29, 1.82) is 0 Å². The third kappa shape index (κ3) is 5.81. The minimum Gasteiger partial charge on any atom is -0.507 e. The van der Waals surface area contributed by atoms with E-state index in [4.69, 9.17) is 5.73 Å². The normalized spacial score (nSPS) is 10.8. The first-order chi connectivity index (χ1) is 14.1. The fourth-order valence-corrected chi connectivity index (χ4v) is 3.91. The average Bonchev–Trinajstić information content (AvgIpc) is 3.17. The van der Waals surface area contributed by atoms with Crippen molar-refractivity contribution in [2.24, 2.45) is 5.73 Å². The molecule has 0 atom stereocenters. The lowest BCUT2D eigenvalue weighted by Crippen LogP contribution is -2.11. The van der Waals surface area contributed by atoms with Crippen molar-refractivity contribution in [2.75, 3.05) is 5.32 Å². The van der Waals surface area contributed by atoms with Crippen molar-refractivity contribution in [3.05, 3.63) is 59.0 Å². The summed E-state index contributed by atoms with van der Waals surface area (Å²) in [6, 6.07) is 13.2. The van der Waals surface area contributed by atoms with E-state index in [2.05, 4.69) is 41.5 Å². The number of phenols is 1. The number of nitrogens with two attached hydrogens (primary N) is 1. The topological polar surface area (TPSA) is 88.2 Å². The summed E-state index contributed by atoms with van der Waals surface area (Å²) < 4.78 is 0. The van der Waals surface area contributed by atoms with Crippen LogP contribution in [0.2, 0.25) is 0 Å². The number of rotatable bonds is 10. The number of benzene rings is 2. The maximum Gasteiger partial charge on any atom is 0.252 e. The third-order valence-corrected chi connectivity index (χ3v) is 5.59. The molecule has 0 bridgehead atoms. The molecule has 4 N–H and O–H groups in total. The fraction of sp³-hybridized carbons (Fsp3) is 0.304. The predicted octanol–water partition coefficient (Wildman–Crippen LogP) is 5.87. The molecule has 1 amide bonds. The molecule has 1 heterocycles. The van der Waals surface area contributed by atoms with E-state index in [1.54, 1.807) is 12.1 Å². The Labute approximate surface area is 175 Å². The zero-order chi connectivity index (χ0) is 20.6. The molecule has 2 aromatic carbocycles. The number of nitrogens with zero attached hydrogens (tertiary/aromatic N) is 1. The Morgan fingerprint density at radius 2 is 1.86 bits per heavy atom. The van der Waals surface area contributed by atoms with Gasteiger partial charge in [-0.1, -0.05) is 44.7 Å². The maximum atomic E-state index is 11.4. The van der Waals surface area contributed by atoms with Crippen molar-refractivity contribution in [3.8, 4) is 17.0 Å². The summed E-state index contributed by atoms with van der Waals surface area (Å²) in [7, 11) is 0. The van der Waals surface area contributed by atoms with Crippen molar-refractivity contribution >= 4 is 28.1 Å². The number of anilines is 2. The molecule has 29 heavy (non-hydrogen) atoms. The molecule has 152 valence electrons. The number of unbranched alkanes of at least 4 members (excludes halogenated alkanes) is 4. The quantitative estimate of drug-likeness (QED) is 0.365. The largest absolute Gasteiger partial charge is 0.507 e. The molecule has 1 aromatic heterocycles. The molecule has 0 aliphatic heterocycles. The van der Waals surface area contributed by atoms with Crippen LogP contribution < -0.4 is 11.1 Å². The van der Waals surface area contributed by atoms with Gasteiger partial charge >= 0.3 is 0 Å². The summed E-state index contributed by atoms with van der Waals surface area (Å²) in [5, 5.41) is 15.7. The number of carbonyl (C=O) groups is 1. The zero-order valence-corrected chi connectivity index (χ0v) is 17.5. The number of hydrogen-bond donors (Lipinski definition) is 3. The minimum absolute atomic E-state index is 0.0929. The zero-order valence-electron chi connectivity index (χ0n) is 16.6. The van der Waals surface area contributed by atoms with Gasteiger partial charge in [-0.15, -0.1) is 11.3 Å². The lowest BCUT2D eigenvalue weighted by atomic mass is 10.1. The highest BCUT2D eigenvalue weighted by Crippen LogP contribution is 2.30. The Morgan fingerprint density at radius 3 is 2.59 bits per heavy atom. The van der Waals surface area contributed by atoms with Crippen LogP contribution >= 0.6 is 11.3 Å². The standard InChI is InChI=1S/C23H27N3O2S/c1-2-3-4-5-6-7-16-8-11-18(12-9-16)25-23-26-20(15-29-23)17-10-13-21(27)19(14-17)22(24)28/h8-15,27H,2-7H2,1H3,(H2,24,28)(H,25,26). The first kappa shape index (κ1) is 20.9. The van der Waals surface area contributed by atoms with E-state index in [-0.39, 0.29) is 11.3 Å². The van der Waals surface area contributed by atoms with Gasteiger partial charge in [0.1, 0.15) is 5.75 Å². The van der Waals surface area contributed by atoms with E-state index >= 15 is 0 Å². The van der Waals surface area contributed by atoms with Crippen molar-refractivity contribution in [3.63, 3.8) is 0 Å². The van der Waals surface area contributed by atoms with Gasteiger partial charge in [0.15, 0.2) is 5.13 Å². The number of aromatic nitrogens is 1. The monoisotopic (exact) mass is 409 g/mol. The van der Waals surface area contributed by atoms with Crippen LogP contribution in [0, 0.1) is 0 Å². The molecule has 0 fully saturated rings. The molecule has 0 radical (unpaired) electrons. The second-order valence-electron chi connectivity index (χ2n) is 7.12. The van der Waals surface area contributed by atoms with Crippen LogP contribution in [-0.4, -0.2) is 16.0 Å². The fourth-order valence-electron chi connectivity index (χ4n) is 3.17. The van der Waals surface area contributed by atoms with E-state index in [1.807, 2.05) is 5.38 Å². The smallest absolute Gasteiger partial charge is 0.252 e. The van der Waals surface area contributed by atoms with Gasteiger partial charge in [-0.2, -0.15) is 0 Å². The molecule has 0 aliphatic rings. The first-order valence-electron chi connectivity index (χ1n) is 10.0. The van der Waals surface area contributed by atoms with Crippen LogP contribution in [0.4, 0.5) is 10.8 Å².